The van der Waals surface area contributed by atoms with Crippen LogP contribution < -0.4 is 10.0 Å². The average molecular weight is 560 g/mol. The number of nitrogens with zero attached hydrogens (tertiary/aromatic N) is 1. The maximum absolute atomic E-state index is 13.4. The molecule has 0 radical (unpaired) electrons. The van der Waals surface area contributed by atoms with Crippen LogP contribution in [0.3, 0.4) is 0 Å². The molecule has 0 saturated carbocycles. The Labute approximate surface area is 229 Å². The molecular formula is C29H25N3O3S3. The number of benzene rings is 3. The van der Waals surface area contributed by atoms with E-state index >= 15 is 0 Å². The highest BCUT2D eigenvalue weighted by Gasteiger charge is 2.27. The fourth-order valence-corrected chi connectivity index (χ4v) is 8.34. The topological polar surface area (TPSA) is 88.2 Å². The number of rotatable bonds is 6. The molecule has 1 aliphatic carbocycles. The molecule has 192 valence electrons. The molecule has 3 aromatic carbocycles. The number of para-hydroxylation sites is 1. The van der Waals surface area contributed by atoms with Crippen molar-refractivity contribution in [2.75, 3.05) is 10.0 Å². The lowest BCUT2D eigenvalue weighted by molar-refractivity contribution is 0.102. The van der Waals surface area contributed by atoms with Crippen LogP contribution in [0.15, 0.2) is 83.8 Å². The molecule has 1 unspecified atom stereocenters. The molecule has 1 amide bonds. The average Bonchev–Trinajstić information content (AvgIpc) is 3.49. The Bertz CT molecular complexity index is 1720. The number of hydrogen-bond acceptors (Lipinski definition) is 6. The number of aromatic nitrogens is 1. The third-order valence-corrected chi connectivity index (χ3v) is 10.3. The van der Waals surface area contributed by atoms with Gasteiger partial charge in [-0.1, -0.05) is 43.3 Å². The second-order valence-corrected chi connectivity index (χ2v) is 13.3. The van der Waals surface area contributed by atoms with E-state index in [-0.39, 0.29) is 10.8 Å². The lowest BCUT2D eigenvalue weighted by atomic mass is 9.88. The molecule has 2 heterocycles. The zero-order valence-corrected chi connectivity index (χ0v) is 23.1. The summed E-state index contributed by atoms with van der Waals surface area (Å²) in [6.07, 6.45) is 3.06. The van der Waals surface area contributed by atoms with Gasteiger partial charge in [0.05, 0.1) is 15.1 Å². The minimum Gasteiger partial charge on any atom is -0.313 e. The number of carbonyl (C=O) groups excluding carboxylic acids is 1. The Morgan fingerprint density at radius 1 is 0.974 bits per heavy atom. The van der Waals surface area contributed by atoms with Crippen molar-refractivity contribution in [3.8, 4) is 10.6 Å². The Hall–Kier alpha value is -3.53. The van der Waals surface area contributed by atoms with Gasteiger partial charge < -0.3 is 5.32 Å². The number of sulfonamides is 1. The second-order valence-electron chi connectivity index (χ2n) is 9.50. The van der Waals surface area contributed by atoms with Crippen molar-refractivity contribution in [2.24, 2.45) is 5.92 Å². The van der Waals surface area contributed by atoms with E-state index in [2.05, 4.69) is 23.0 Å². The van der Waals surface area contributed by atoms with E-state index in [9.17, 15) is 13.2 Å². The number of hydrogen-bond donors (Lipinski definition) is 2. The van der Waals surface area contributed by atoms with Crippen molar-refractivity contribution in [1.29, 1.82) is 0 Å². The van der Waals surface area contributed by atoms with Gasteiger partial charge in [0.1, 0.15) is 10.0 Å². The van der Waals surface area contributed by atoms with Gasteiger partial charge in [-0.3, -0.25) is 9.52 Å². The normalized spacial score (nSPS) is 15.2. The Kier molecular flexibility index (Phi) is 6.51. The van der Waals surface area contributed by atoms with Crippen LogP contribution in [0, 0.1) is 5.92 Å². The van der Waals surface area contributed by atoms with Crippen molar-refractivity contribution < 1.29 is 13.2 Å². The molecule has 0 fully saturated rings. The van der Waals surface area contributed by atoms with Crippen LogP contribution in [0.2, 0.25) is 0 Å². The largest absolute Gasteiger partial charge is 0.313 e. The Morgan fingerprint density at radius 3 is 2.58 bits per heavy atom. The van der Waals surface area contributed by atoms with Gasteiger partial charge in [-0.05, 0) is 73.2 Å². The first-order valence-corrected chi connectivity index (χ1v) is 15.5. The predicted octanol–water partition coefficient (Wildman–Crippen LogP) is 7.20. The molecule has 1 atom stereocenters. The highest BCUT2D eigenvalue weighted by atomic mass is 32.2. The third-order valence-electron chi connectivity index (χ3n) is 6.68. The lowest BCUT2D eigenvalue weighted by Gasteiger charge is -2.18. The predicted molar refractivity (Wildman–Crippen MR) is 156 cm³/mol. The lowest BCUT2D eigenvalue weighted by Crippen LogP contribution is -2.15. The monoisotopic (exact) mass is 559 g/mol. The maximum atomic E-state index is 13.4. The minimum absolute atomic E-state index is 0.161. The van der Waals surface area contributed by atoms with Crippen molar-refractivity contribution in [1.82, 2.24) is 4.98 Å². The van der Waals surface area contributed by atoms with E-state index in [1.807, 2.05) is 18.2 Å². The summed E-state index contributed by atoms with van der Waals surface area (Å²) in [6, 6.07) is 22.8. The molecule has 0 aliphatic heterocycles. The number of nitrogens with one attached hydrogen (secondary N) is 2. The summed E-state index contributed by atoms with van der Waals surface area (Å²) in [5.41, 5.74) is 3.95. The van der Waals surface area contributed by atoms with Gasteiger partial charge >= 0.3 is 0 Å². The molecule has 1 aliphatic rings. The van der Waals surface area contributed by atoms with Crippen molar-refractivity contribution in [3.63, 3.8) is 0 Å². The van der Waals surface area contributed by atoms with Gasteiger partial charge in [-0.15, -0.1) is 22.7 Å². The van der Waals surface area contributed by atoms with Gasteiger partial charge in [0.25, 0.3) is 15.9 Å². The van der Waals surface area contributed by atoms with Crippen molar-refractivity contribution in [3.05, 3.63) is 94.9 Å². The van der Waals surface area contributed by atoms with E-state index < -0.39 is 10.0 Å². The molecule has 0 saturated heterocycles. The second kappa shape index (κ2) is 9.98. The maximum Gasteiger partial charge on any atom is 0.261 e. The summed E-state index contributed by atoms with van der Waals surface area (Å²) < 4.78 is 29.2. The Morgan fingerprint density at radius 2 is 1.76 bits per heavy atom. The minimum atomic E-state index is -3.76. The van der Waals surface area contributed by atoms with Crippen LogP contribution in [-0.2, 0) is 22.9 Å². The highest BCUT2D eigenvalue weighted by Crippen LogP contribution is 2.47. The fourth-order valence-electron chi connectivity index (χ4n) is 4.76. The summed E-state index contributed by atoms with van der Waals surface area (Å²) >= 11 is 3.27. The van der Waals surface area contributed by atoms with Gasteiger partial charge in [0.15, 0.2) is 0 Å². The zero-order chi connectivity index (χ0) is 26.3. The number of thiophene rings is 1. The first-order valence-electron chi connectivity index (χ1n) is 12.4. The van der Waals surface area contributed by atoms with Crippen LogP contribution in [0.25, 0.3) is 20.8 Å². The number of carbonyl (C=O) groups is 1. The first kappa shape index (κ1) is 24.8. The molecule has 0 spiro atoms. The molecule has 2 N–H and O–H groups in total. The standard InChI is InChI=1S/C29H25N3O3S3/c1-18-14-15-22-25(16-18)37-29(26(22)28-30-23-12-5-6-13-24(23)36-28)31-27(33)19-8-7-9-20(17-19)32-38(34,35)21-10-3-2-4-11-21/h2-13,17-18,32H,14-16H2,1H3,(H,31,33). The number of amides is 1. The fraction of sp³-hybridized carbons (Fsp3) is 0.172. The molecule has 0 bridgehead atoms. The van der Waals surface area contributed by atoms with E-state index in [0.29, 0.717) is 17.2 Å². The van der Waals surface area contributed by atoms with Gasteiger partial charge in [-0.2, -0.15) is 0 Å². The van der Waals surface area contributed by atoms with Crippen molar-refractivity contribution >= 4 is 59.5 Å². The third kappa shape index (κ3) is 4.84. The summed E-state index contributed by atoms with van der Waals surface area (Å²) in [5, 5.41) is 4.84. The summed E-state index contributed by atoms with van der Waals surface area (Å²) in [7, 11) is -3.76. The van der Waals surface area contributed by atoms with Crippen LogP contribution in [0.4, 0.5) is 10.7 Å². The van der Waals surface area contributed by atoms with E-state index in [1.165, 1.54) is 22.6 Å². The summed E-state index contributed by atoms with van der Waals surface area (Å²) in [6.45, 7) is 2.26. The SMILES string of the molecule is CC1CCc2c(sc(NC(=O)c3cccc(NS(=O)(=O)c4ccccc4)c3)c2-c2nc3ccccc3s2)C1. The van der Waals surface area contributed by atoms with E-state index in [1.54, 1.807) is 65.1 Å². The van der Waals surface area contributed by atoms with Gasteiger partial charge in [-0.25, -0.2) is 13.4 Å². The van der Waals surface area contributed by atoms with Crippen LogP contribution in [-0.4, -0.2) is 19.3 Å². The number of anilines is 2. The zero-order valence-electron chi connectivity index (χ0n) is 20.6. The van der Waals surface area contributed by atoms with Crippen molar-refractivity contribution in [2.45, 2.75) is 31.1 Å². The van der Waals surface area contributed by atoms with Gasteiger partial charge in [0, 0.05) is 21.7 Å². The smallest absolute Gasteiger partial charge is 0.261 e. The molecule has 5 aromatic rings. The molecule has 2 aromatic heterocycles. The van der Waals surface area contributed by atoms with E-state index in [0.717, 1.165) is 45.1 Å². The number of thiazole rings is 1. The summed E-state index contributed by atoms with van der Waals surface area (Å²) in [4.78, 5) is 19.8. The van der Waals surface area contributed by atoms with E-state index in [4.69, 9.17) is 4.98 Å². The van der Waals surface area contributed by atoms with Crippen LogP contribution in [0.1, 0.15) is 34.1 Å². The quantitative estimate of drug-likeness (QED) is 0.230. The molecule has 6 nitrogen and oxygen atoms in total. The number of fused-ring (bicyclic) bond motifs is 2. The molecule has 6 rings (SSSR count). The van der Waals surface area contributed by atoms with Crippen LogP contribution >= 0.6 is 22.7 Å². The van der Waals surface area contributed by atoms with Crippen LogP contribution in [0.5, 0.6) is 0 Å². The molecule has 38 heavy (non-hydrogen) atoms. The molecule has 9 heteroatoms. The Balaban J connectivity index is 1.32. The first-order chi connectivity index (χ1) is 18.4. The summed E-state index contributed by atoms with van der Waals surface area (Å²) in [5.74, 6) is 0.307. The highest BCUT2D eigenvalue weighted by molar-refractivity contribution is 7.92. The van der Waals surface area contributed by atoms with Gasteiger partial charge in [0.2, 0.25) is 0 Å². The molecular weight excluding hydrogens is 535 g/mol.